The van der Waals surface area contributed by atoms with E-state index in [1.165, 1.54) is 17.4 Å². The number of nitrogens with zero attached hydrogens (tertiary/aromatic N) is 1. The second kappa shape index (κ2) is 6.03. The molecule has 0 unspecified atom stereocenters. The lowest BCUT2D eigenvalue weighted by molar-refractivity contribution is 0.290. The maximum atomic E-state index is 11.4. The number of hydrogen-bond donors (Lipinski definition) is 1. The summed E-state index contributed by atoms with van der Waals surface area (Å²) in [6.07, 6.45) is 3.06. The topological polar surface area (TPSA) is 49.4 Å². The quantitative estimate of drug-likeness (QED) is 0.910. The Morgan fingerprint density at radius 3 is 2.58 bits per heavy atom. The Balaban J connectivity index is 1.80. The first kappa shape index (κ1) is 14.5. The van der Waals surface area contributed by atoms with Crippen molar-refractivity contribution in [3.05, 3.63) is 35.4 Å². The van der Waals surface area contributed by atoms with Gasteiger partial charge in [-0.25, -0.2) is 12.7 Å². The van der Waals surface area contributed by atoms with Gasteiger partial charge in [0.25, 0.3) is 0 Å². The normalized spacial score (nSPS) is 18.6. The smallest absolute Gasteiger partial charge is 0.211 e. The molecule has 1 aliphatic rings. The lowest BCUT2D eigenvalue weighted by Crippen LogP contribution is -2.44. The molecule has 1 aromatic rings. The van der Waals surface area contributed by atoms with Crippen molar-refractivity contribution in [1.29, 1.82) is 0 Å². The highest BCUT2D eigenvalue weighted by atomic mass is 32.2. The van der Waals surface area contributed by atoms with Crippen molar-refractivity contribution in [3.8, 4) is 0 Å². The predicted octanol–water partition coefficient (Wildman–Crippen LogP) is 1.51. The molecule has 5 heteroatoms. The number of sulfonamides is 1. The third-order valence-corrected chi connectivity index (χ3v) is 4.90. The summed E-state index contributed by atoms with van der Waals surface area (Å²) in [4.78, 5) is 0. The van der Waals surface area contributed by atoms with Crippen molar-refractivity contribution in [2.45, 2.75) is 32.4 Å². The van der Waals surface area contributed by atoms with Crippen LogP contribution in [0.1, 0.15) is 24.0 Å². The minimum absolute atomic E-state index is 0.415. The molecule has 0 atom stereocenters. The predicted molar refractivity (Wildman–Crippen MR) is 77.5 cm³/mol. The summed E-state index contributed by atoms with van der Waals surface area (Å²) in [6.45, 7) is 4.20. The number of piperidine rings is 1. The van der Waals surface area contributed by atoms with Gasteiger partial charge in [-0.1, -0.05) is 29.8 Å². The maximum absolute atomic E-state index is 11.4. The van der Waals surface area contributed by atoms with Crippen LogP contribution in [0.15, 0.2) is 24.3 Å². The van der Waals surface area contributed by atoms with Gasteiger partial charge in [0, 0.05) is 25.7 Å². The molecular formula is C14H22N2O2S. The summed E-state index contributed by atoms with van der Waals surface area (Å²) >= 11 is 0. The standard InChI is InChI=1S/C14H22N2O2S/c1-12-4-3-5-13(10-12)11-15-14-6-8-16(9-7-14)19(2,17)18/h3-5,10,14-15H,6-9,11H2,1-2H3. The molecule has 1 fully saturated rings. The third-order valence-electron chi connectivity index (χ3n) is 3.60. The third kappa shape index (κ3) is 4.30. The fraction of sp³-hybridized carbons (Fsp3) is 0.571. The fourth-order valence-electron chi connectivity index (χ4n) is 2.48. The summed E-state index contributed by atoms with van der Waals surface area (Å²) in [5, 5.41) is 3.52. The van der Waals surface area contributed by atoms with Crippen molar-refractivity contribution in [1.82, 2.24) is 9.62 Å². The van der Waals surface area contributed by atoms with E-state index in [-0.39, 0.29) is 0 Å². The zero-order chi connectivity index (χ0) is 13.9. The van der Waals surface area contributed by atoms with Crippen molar-refractivity contribution < 1.29 is 8.42 Å². The van der Waals surface area contributed by atoms with E-state index >= 15 is 0 Å². The first-order valence-electron chi connectivity index (χ1n) is 6.69. The Kier molecular flexibility index (Phi) is 4.60. The first-order valence-corrected chi connectivity index (χ1v) is 8.54. The van der Waals surface area contributed by atoms with Crippen LogP contribution < -0.4 is 5.32 Å². The van der Waals surface area contributed by atoms with Crippen molar-refractivity contribution >= 4 is 10.0 Å². The summed E-state index contributed by atoms with van der Waals surface area (Å²) in [7, 11) is -3.02. The van der Waals surface area contributed by atoms with E-state index in [1.54, 1.807) is 4.31 Å². The molecule has 0 bridgehead atoms. The highest BCUT2D eigenvalue weighted by Crippen LogP contribution is 2.14. The van der Waals surface area contributed by atoms with Gasteiger partial charge >= 0.3 is 0 Å². The Labute approximate surface area is 115 Å². The highest BCUT2D eigenvalue weighted by Gasteiger charge is 2.24. The van der Waals surface area contributed by atoms with Crippen molar-refractivity contribution in [3.63, 3.8) is 0 Å². The average Bonchev–Trinajstić information content (AvgIpc) is 2.36. The van der Waals surface area contributed by atoms with Crippen LogP contribution in [0.25, 0.3) is 0 Å². The van der Waals surface area contributed by atoms with Gasteiger partial charge in [0.05, 0.1) is 6.26 Å². The number of nitrogens with one attached hydrogen (secondary N) is 1. The van der Waals surface area contributed by atoms with Gasteiger partial charge in [-0.2, -0.15) is 0 Å². The van der Waals surface area contributed by atoms with Crippen LogP contribution in [0.2, 0.25) is 0 Å². The van der Waals surface area contributed by atoms with E-state index in [9.17, 15) is 8.42 Å². The van der Waals surface area contributed by atoms with Crippen LogP contribution in [0.5, 0.6) is 0 Å². The SMILES string of the molecule is Cc1cccc(CNC2CCN(S(C)(=O)=O)CC2)c1. The number of benzene rings is 1. The van der Waals surface area contributed by atoms with Gasteiger partial charge in [-0.05, 0) is 25.3 Å². The van der Waals surface area contributed by atoms with Crippen LogP contribution in [-0.2, 0) is 16.6 Å². The molecule has 106 valence electrons. The molecular weight excluding hydrogens is 260 g/mol. The molecule has 19 heavy (non-hydrogen) atoms. The molecule has 0 saturated carbocycles. The lowest BCUT2D eigenvalue weighted by Gasteiger charge is -2.30. The van der Waals surface area contributed by atoms with E-state index in [1.807, 2.05) is 0 Å². The summed E-state index contributed by atoms with van der Waals surface area (Å²) in [5.74, 6) is 0. The molecule has 1 N–H and O–H groups in total. The highest BCUT2D eigenvalue weighted by molar-refractivity contribution is 7.88. The fourth-order valence-corrected chi connectivity index (χ4v) is 3.35. The minimum Gasteiger partial charge on any atom is -0.310 e. The van der Waals surface area contributed by atoms with E-state index in [2.05, 4.69) is 36.5 Å². The molecule has 1 heterocycles. The molecule has 4 nitrogen and oxygen atoms in total. The molecule has 2 rings (SSSR count). The number of rotatable bonds is 4. The summed E-state index contributed by atoms with van der Waals surface area (Å²) in [6, 6.07) is 8.87. The van der Waals surface area contributed by atoms with Crippen LogP contribution in [-0.4, -0.2) is 38.1 Å². The maximum Gasteiger partial charge on any atom is 0.211 e. The second-order valence-electron chi connectivity index (χ2n) is 5.31. The van der Waals surface area contributed by atoms with Gasteiger partial charge in [0.1, 0.15) is 0 Å². The molecule has 0 radical (unpaired) electrons. The van der Waals surface area contributed by atoms with Crippen LogP contribution in [0, 0.1) is 6.92 Å². The molecule has 1 aliphatic heterocycles. The Bertz CT molecular complexity index is 520. The molecule has 0 aliphatic carbocycles. The van der Waals surface area contributed by atoms with E-state index in [4.69, 9.17) is 0 Å². The van der Waals surface area contributed by atoms with Crippen LogP contribution in [0.3, 0.4) is 0 Å². The van der Waals surface area contributed by atoms with Crippen molar-refractivity contribution in [2.24, 2.45) is 0 Å². The molecule has 1 aromatic carbocycles. The summed E-state index contributed by atoms with van der Waals surface area (Å²) in [5.41, 5.74) is 2.55. The Hall–Kier alpha value is -0.910. The molecule has 1 saturated heterocycles. The van der Waals surface area contributed by atoms with E-state index in [0.29, 0.717) is 19.1 Å². The molecule has 0 spiro atoms. The Morgan fingerprint density at radius 2 is 2.00 bits per heavy atom. The van der Waals surface area contributed by atoms with E-state index < -0.39 is 10.0 Å². The summed E-state index contributed by atoms with van der Waals surface area (Å²) < 4.78 is 24.4. The van der Waals surface area contributed by atoms with Gasteiger partial charge in [-0.3, -0.25) is 0 Å². The van der Waals surface area contributed by atoms with E-state index in [0.717, 1.165) is 19.4 Å². The Morgan fingerprint density at radius 1 is 1.32 bits per heavy atom. The first-order chi connectivity index (χ1) is 8.95. The largest absolute Gasteiger partial charge is 0.310 e. The van der Waals surface area contributed by atoms with Crippen LogP contribution in [0.4, 0.5) is 0 Å². The lowest BCUT2D eigenvalue weighted by atomic mass is 10.1. The minimum atomic E-state index is -3.02. The number of aryl methyl sites for hydroxylation is 1. The average molecular weight is 282 g/mol. The van der Waals surface area contributed by atoms with Gasteiger partial charge in [-0.15, -0.1) is 0 Å². The number of hydrogen-bond acceptors (Lipinski definition) is 3. The molecule has 0 amide bonds. The van der Waals surface area contributed by atoms with Gasteiger partial charge in [0.2, 0.25) is 10.0 Å². The monoisotopic (exact) mass is 282 g/mol. The second-order valence-corrected chi connectivity index (χ2v) is 7.29. The van der Waals surface area contributed by atoms with Crippen LogP contribution >= 0.6 is 0 Å². The zero-order valence-electron chi connectivity index (χ0n) is 11.6. The van der Waals surface area contributed by atoms with Crippen molar-refractivity contribution in [2.75, 3.05) is 19.3 Å². The van der Waals surface area contributed by atoms with Gasteiger partial charge in [0.15, 0.2) is 0 Å². The molecule has 0 aromatic heterocycles. The van der Waals surface area contributed by atoms with Gasteiger partial charge < -0.3 is 5.32 Å². The zero-order valence-corrected chi connectivity index (χ0v) is 12.4.